The number of benzene rings is 1. The first kappa shape index (κ1) is 15.9. The second kappa shape index (κ2) is 8.12. The first-order chi connectivity index (χ1) is 9.04. The zero-order valence-corrected chi connectivity index (χ0v) is 11.4. The fourth-order valence-electron chi connectivity index (χ4n) is 1.59. The van der Waals surface area contributed by atoms with Crippen LogP contribution >= 0.6 is 11.8 Å². The monoisotopic (exact) mass is 289 g/mol. The van der Waals surface area contributed by atoms with Gasteiger partial charge in [-0.15, -0.1) is 0 Å². The standard InChI is InChI=1S/C13H17F2NO2S/c1-2-5-9(17)8-16-12(18)10-6-3-4-7-11(10)19-13(14)15/h3-4,6-7,9,13,17H,2,5,8H2,1H3,(H,16,18). The lowest BCUT2D eigenvalue weighted by Crippen LogP contribution is -2.32. The highest BCUT2D eigenvalue weighted by Crippen LogP contribution is 2.28. The van der Waals surface area contributed by atoms with Crippen molar-refractivity contribution in [1.82, 2.24) is 5.32 Å². The van der Waals surface area contributed by atoms with E-state index in [4.69, 9.17) is 0 Å². The summed E-state index contributed by atoms with van der Waals surface area (Å²) in [6.07, 6.45) is 0.798. The molecule has 0 saturated carbocycles. The second-order valence-corrected chi connectivity index (χ2v) is 5.06. The molecule has 6 heteroatoms. The molecular formula is C13H17F2NO2S. The Labute approximate surface area is 115 Å². The van der Waals surface area contributed by atoms with Gasteiger partial charge >= 0.3 is 0 Å². The highest BCUT2D eigenvalue weighted by Gasteiger charge is 2.15. The van der Waals surface area contributed by atoms with E-state index in [1.54, 1.807) is 12.1 Å². The van der Waals surface area contributed by atoms with Crippen molar-refractivity contribution in [3.05, 3.63) is 29.8 Å². The van der Waals surface area contributed by atoms with Gasteiger partial charge in [0.05, 0.1) is 11.7 Å². The molecule has 0 aromatic heterocycles. The lowest BCUT2D eigenvalue weighted by Gasteiger charge is -2.12. The number of hydrogen-bond acceptors (Lipinski definition) is 3. The molecule has 1 amide bonds. The highest BCUT2D eigenvalue weighted by molar-refractivity contribution is 7.99. The van der Waals surface area contributed by atoms with Gasteiger partial charge < -0.3 is 10.4 Å². The molecule has 0 spiro atoms. The Hall–Kier alpha value is -1.14. The average Bonchev–Trinajstić information content (AvgIpc) is 2.36. The number of carbonyl (C=O) groups excluding carboxylic acids is 1. The van der Waals surface area contributed by atoms with Crippen LogP contribution in [0.3, 0.4) is 0 Å². The number of nitrogens with one attached hydrogen (secondary N) is 1. The number of aliphatic hydroxyl groups is 1. The van der Waals surface area contributed by atoms with E-state index in [9.17, 15) is 18.7 Å². The average molecular weight is 289 g/mol. The van der Waals surface area contributed by atoms with Crippen LogP contribution in [0, 0.1) is 0 Å². The van der Waals surface area contributed by atoms with Crippen molar-refractivity contribution in [3.8, 4) is 0 Å². The zero-order chi connectivity index (χ0) is 14.3. The van der Waals surface area contributed by atoms with Crippen LogP contribution in [0.5, 0.6) is 0 Å². The molecule has 1 aromatic carbocycles. The largest absolute Gasteiger partial charge is 0.391 e. The Morgan fingerprint density at radius 2 is 2.11 bits per heavy atom. The van der Waals surface area contributed by atoms with Gasteiger partial charge in [0.1, 0.15) is 0 Å². The summed E-state index contributed by atoms with van der Waals surface area (Å²) >= 11 is 0.341. The minimum Gasteiger partial charge on any atom is -0.391 e. The predicted octanol–water partition coefficient (Wildman–Crippen LogP) is 2.89. The molecule has 1 unspecified atom stereocenters. The third kappa shape index (κ3) is 5.57. The molecule has 1 atom stereocenters. The molecule has 1 rings (SSSR count). The Morgan fingerprint density at radius 1 is 1.42 bits per heavy atom. The molecule has 0 heterocycles. The maximum atomic E-state index is 12.4. The lowest BCUT2D eigenvalue weighted by atomic mass is 10.2. The Kier molecular flexibility index (Phi) is 6.80. The molecule has 0 bridgehead atoms. The Morgan fingerprint density at radius 3 is 2.74 bits per heavy atom. The lowest BCUT2D eigenvalue weighted by molar-refractivity contribution is 0.0907. The first-order valence-electron chi connectivity index (χ1n) is 6.04. The van der Waals surface area contributed by atoms with E-state index in [0.29, 0.717) is 18.2 Å². The minimum absolute atomic E-state index is 0.125. The van der Waals surface area contributed by atoms with Crippen LogP contribution in [-0.4, -0.2) is 29.4 Å². The SMILES string of the molecule is CCCC(O)CNC(=O)c1ccccc1SC(F)F. The number of thioether (sulfide) groups is 1. The normalized spacial score (nSPS) is 12.5. The number of amides is 1. The summed E-state index contributed by atoms with van der Waals surface area (Å²) in [6, 6.07) is 6.20. The molecule has 1 aromatic rings. The zero-order valence-electron chi connectivity index (χ0n) is 10.6. The van der Waals surface area contributed by atoms with Gasteiger partial charge in [0.25, 0.3) is 11.7 Å². The molecule has 0 aliphatic carbocycles. The van der Waals surface area contributed by atoms with Gasteiger partial charge in [0.15, 0.2) is 0 Å². The molecule has 0 fully saturated rings. The van der Waals surface area contributed by atoms with Crippen LogP contribution < -0.4 is 5.32 Å². The number of aliphatic hydroxyl groups excluding tert-OH is 1. The fourth-order valence-corrected chi connectivity index (χ4v) is 2.23. The van der Waals surface area contributed by atoms with E-state index in [2.05, 4.69) is 5.32 Å². The fraction of sp³-hybridized carbons (Fsp3) is 0.462. The van der Waals surface area contributed by atoms with E-state index in [1.807, 2.05) is 6.92 Å². The van der Waals surface area contributed by atoms with Crippen molar-refractivity contribution in [3.63, 3.8) is 0 Å². The van der Waals surface area contributed by atoms with Gasteiger partial charge in [-0.1, -0.05) is 37.2 Å². The van der Waals surface area contributed by atoms with E-state index >= 15 is 0 Å². The maximum Gasteiger partial charge on any atom is 0.288 e. The van der Waals surface area contributed by atoms with Gasteiger partial charge in [0, 0.05) is 11.4 Å². The van der Waals surface area contributed by atoms with Crippen LogP contribution in [0.25, 0.3) is 0 Å². The van der Waals surface area contributed by atoms with Gasteiger partial charge in [-0.2, -0.15) is 8.78 Å². The van der Waals surface area contributed by atoms with Gasteiger partial charge in [0.2, 0.25) is 0 Å². The van der Waals surface area contributed by atoms with Crippen molar-refractivity contribution >= 4 is 17.7 Å². The molecule has 0 saturated heterocycles. The van der Waals surface area contributed by atoms with Crippen molar-refractivity contribution < 1.29 is 18.7 Å². The molecule has 0 radical (unpaired) electrons. The third-order valence-electron chi connectivity index (χ3n) is 2.47. The van der Waals surface area contributed by atoms with Gasteiger partial charge in [-0.05, 0) is 18.6 Å². The second-order valence-electron chi connectivity index (χ2n) is 4.03. The Balaban J connectivity index is 2.66. The molecule has 0 aliphatic heterocycles. The summed E-state index contributed by atoms with van der Waals surface area (Å²) in [6.45, 7) is 2.06. The van der Waals surface area contributed by atoms with E-state index in [-0.39, 0.29) is 17.0 Å². The van der Waals surface area contributed by atoms with Gasteiger partial charge in [-0.25, -0.2) is 0 Å². The van der Waals surface area contributed by atoms with Crippen LogP contribution in [0.4, 0.5) is 8.78 Å². The molecule has 0 aliphatic rings. The quantitative estimate of drug-likeness (QED) is 0.759. The topological polar surface area (TPSA) is 49.3 Å². The highest BCUT2D eigenvalue weighted by atomic mass is 32.2. The van der Waals surface area contributed by atoms with Crippen LogP contribution in [0.1, 0.15) is 30.1 Å². The number of carbonyl (C=O) groups is 1. The summed E-state index contributed by atoms with van der Waals surface area (Å²) in [5, 5.41) is 12.1. The summed E-state index contributed by atoms with van der Waals surface area (Å²) in [5.74, 6) is -3.02. The first-order valence-corrected chi connectivity index (χ1v) is 6.92. The maximum absolute atomic E-state index is 12.4. The van der Waals surface area contributed by atoms with Crippen LogP contribution in [0.2, 0.25) is 0 Å². The molecule has 106 valence electrons. The van der Waals surface area contributed by atoms with Crippen LogP contribution in [0.15, 0.2) is 29.2 Å². The summed E-state index contributed by atoms with van der Waals surface area (Å²) in [5.41, 5.74) is 0.205. The molecule has 3 nitrogen and oxygen atoms in total. The van der Waals surface area contributed by atoms with E-state index in [1.165, 1.54) is 12.1 Å². The number of alkyl halides is 2. The molecular weight excluding hydrogens is 272 g/mol. The number of halogens is 2. The summed E-state index contributed by atoms with van der Waals surface area (Å²) in [7, 11) is 0. The number of hydrogen-bond donors (Lipinski definition) is 2. The molecule has 19 heavy (non-hydrogen) atoms. The minimum atomic E-state index is -2.57. The van der Waals surface area contributed by atoms with Crippen molar-refractivity contribution in [2.75, 3.05) is 6.54 Å². The van der Waals surface area contributed by atoms with Crippen molar-refractivity contribution in [2.24, 2.45) is 0 Å². The third-order valence-corrected chi connectivity index (χ3v) is 3.26. The van der Waals surface area contributed by atoms with Crippen LogP contribution in [-0.2, 0) is 0 Å². The van der Waals surface area contributed by atoms with E-state index in [0.717, 1.165) is 6.42 Å². The molecule has 2 N–H and O–H groups in total. The summed E-state index contributed by atoms with van der Waals surface area (Å²) in [4.78, 5) is 12.1. The van der Waals surface area contributed by atoms with E-state index < -0.39 is 17.8 Å². The Bertz CT molecular complexity index is 415. The van der Waals surface area contributed by atoms with Gasteiger partial charge in [-0.3, -0.25) is 4.79 Å². The van der Waals surface area contributed by atoms with Crippen molar-refractivity contribution in [1.29, 1.82) is 0 Å². The number of rotatable bonds is 7. The summed E-state index contributed by atoms with van der Waals surface area (Å²) < 4.78 is 24.7. The predicted molar refractivity (Wildman–Crippen MR) is 71.6 cm³/mol. The van der Waals surface area contributed by atoms with Crippen molar-refractivity contribution in [2.45, 2.75) is 36.5 Å². The smallest absolute Gasteiger partial charge is 0.288 e.